The van der Waals surface area contributed by atoms with Crippen LogP contribution in [0.15, 0.2) is 18.2 Å². The molecular formula is C14H16F4. The predicted octanol–water partition coefficient (Wildman–Crippen LogP) is 4.78. The molecule has 18 heavy (non-hydrogen) atoms. The van der Waals surface area contributed by atoms with E-state index in [1.807, 2.05) is 20.8 Å². The van der Waals surface area contributed by atoms with Crippen molar-refractivity contribution < 1.29 is 17.6 Å². The lowest BCUT2D eigenvalue weighted by Crippen LogP contribution is -2.09. The molecule has 0 aromatic heterocycles. The van der Waals surface area contributed by atoms with Gasteiger partial charge in [-0.1, -0.05) is 32.9 Å². The fourth-order valence-electron chi connectivity index (χ4n) is 1.84. The van der Waals surface area contributed by atoms with Crippen molar-refractivity contribution in [2.24, 2.45) is 5.41 Å². The molecule has 0 fully saturated rings. The first-order valence-electron chi connectivity index (χ1n) is 5.60. The summed E-state index contributed by atoms with van der Waals surface area (Å²) in [5.41, 5.74) is -0.164. The first kappa shape index (κ1) is 14.7. The van der Waals surface area contributed by atoms with Crippen LogP contribution in [0.1, 0.15) is 32.8 Å². The molecule has 0 unspecified atom stereocenters. The van der Waals surface area contributed by atoms with Gasteiger partial charge in [0.05, 0.1) is 0 Å². The Labute approximate surface area is 104 Å². The van der Waals surface area contributed by atoms with E-state index in [9.17, 15) is 17.6 Å². The summed E-state index contributed by atoms with van der Waals surface area (Å²) in [4.78, 5) is 0. The second-order valence-electron chi connectivity index (χ2n) is 5.61. The van der Waals surface area contributed by atoms with E-state index in [-0.39, 0.29) is 17.9 Å². The standard InChI is InChI=1S/C14H16F4/c1-8(7-14(2,3)4)5-9-12(17)10(15)6-11(16)13(9)18/h6H,1,5,7H2,2-4H3. The summed E-state index contributed by atoms with van der Waals surface area (Å²) in [6.07, 6.45) is 0.313. The first-order valence-corrected chi connectivity index (χ1v) is 5.60. The van der Waals surface area contributed by atoms with Crippen LogP contribution in [0, 0.1) is 28.7 Å². The molecule has 0 saturated heterocycles. The lowest BCUT2D eigenvalue weighted by Gasteiger charge is -2.20. The largest absolute Gasteiger partial charge is 0.204 e. The number of hydrogen-bond donors (Lipinski definition) is 0. The van der Waals surface area contributed by atoms with Gasteiger partial charge in [-0.25, -0.2) is 17.6 Å². The highest BCUT2D eigenvalue weighted by atomic mass is 19.2. The van der Waals surface area contributed by atoms with Gasteiger partial charge in [0.15, 0.2) is 23.3 Å². The first-order chi connectivity index (χ1) is 8.11. The molecule has 1 aromatic carbocycles. The average molecular weight is 260 g/mol. The van der Waals surface area contributed by atoms with E-state index in [4.69, 9.17) is 0 Å². The highest BCUT2D eigenvalue weighted by Crippen LogP contribution is 2.28. The van der Waals surface area contributed by atoms with Crippen LogP contribution in [0.4, 0.5) is 17.6 Å². The van der Waals surface area contributed by atoms with Crippen molar-refractivity contribution in [1.82, 2.24) is 0 Å². The topological polar surface area (TPSA) is 0 Å². The van der Waals surface area contributed by atoms with Gasteiger partial charge >= 0.3 is 0 Å². The Bertz CT molecular complexity index is 443. The van der Waals surface area contributed by atoms with Crippen LogP contribution in [-0.4, -0.2) is 0 Å². The quantitative estimate of drug-likeness (QED) is 0.417. The molecule has 0 nitrogen and oxygen atoms in total. The van der Waals surface area contributed by atoms with Crippen LogP contribution in [0.3, 0.4) is 0 Å². The molecule has 0 saturated carbocycles. The van der Waals surface area contributed by atoms with Gasteiger partial charge in [0.2, 0.25) is 0 Å². The molecule has 4 heteroatoms. The summed E-state index contributed by atoms with van der Waals surface area (Å²) in [6, 6.07) is 0.209. The zero-order chi connectivity index (χ0) is 14.1. The fraction of sp³-hybridized carbons (Fsp3) is 0.429. The van der Waals surface area contributed by atoms with Gasteiger partial charge in [0.25, 0.3) is 0 Å². The van der Waals surface area contributed by atoms with E-state index in [0.29, 0.717) is 12.0 Å². The minimum atomic E-state index is -1.38. The molecule has 0 spiro atoms. The smallest absolute Gasteiger partial charge is 0.165 e. The summed E-state index contributed by atoms with van der Waals surface area (Å²) in [7, 11) is 0. The highest BCUT2D eigenvalue weighted by molar-refractivity contribution is 5.26. The molecule has 0 heterocycles. The minimum Gasteiger partial charge on any atom is -0.204 e. The molecule has 0 N–H and O–H groups in total. The maximum absolute atomic E-state index is 13.4. The maximum Gasteiger partial charge on any atom is 0.165 e. The molecule has 0 bridgehead atoms. The van der Waals surface area contributed by atoms with Crippen LogP contribution in [0.2, 0.25) is 0 Å². The van der Waals surface area contributed by atoms with Crippen LogP contribution in [-0.2, 0) is 6.42 Å². The van der Waals surface area contributed by atoms with Crippen molar-refractivity contribution in [2.45, 2.75) is 33.6 Å². The Morgan fingerprint density at radius 1 is 1.06 bits per heavy atom. The predicted molar refractivity (Wildman–Crippen MR) is 63.2 cm³/mol. The van der Waals surface area contributed by atoms with E-state index in [2.05, 4.69) is 6.58 Å². The number of rotatable bonds is 3. The lowest BCUT2D eigenvalue weighted by molar-refractivity contribution is 0.402. The normalized spacial score (nSPS) is 11.7. The summed E-state index contributed by atoms with van der Waals surface area (Å²) in [5.74, 6) is -5.45. The summed E-state index contributed by atoms with van der Waals surface area (Å²) in [5, 5.41) is 0. The molecule has 0 aliphatic rings. The average Bonchev–Trinajstić information content (AvgIpc) is 2.19. The van der Waals surface area contributed by atoms with Gasteiger partial charge < -0.3 is 0 Å². The number of benzene rings is 1. The number of hydrogen-bond acceptors (Lipinski definition) is 0. The van der Waals surface area contributed by atoms with E-state index in [0.717, 1.165) is 0 Å². The Morgan fingerprint density at radius 3 is 1.89 bits per heavy atom. The van der Waals surface area contributed by atoms with E-state index >= 15 is 0 Å². The monoisotopic (exact) mass is 260 g/mol. The van der Waals surface area contributed by atoms with Crippen molar-refractivity contribution in [3.63, 3.8) is 0 Å². The molecule has 0 radical (unpaired) electrons. The molecule has 0 amide bonds. The molecule has 0 atom stereocenters. The Morgan fingerprint density at radius 2 is 1.50 bits per heavy atom. The van der Waals surface area contributed by atoms with Gasteiger partial charge in [0, 0.05) is 11.6 Å². The zero-order valence-corrected chi connectivity index (χ0v) is 10.7. The second-order valence-corrected chi connectivity index (χ2v) is 5.61. The number of halogens is 4. The summed E-state index contributed by atoms with van der Waals surface area (Å²) >= 11 is 0. The Hall–Kier alpha value is -1.32. The van der Waals surface area contributed by atoms with Gasteiger partial charge in [0.1, 0.15) is 0 Å². The third-order valence-electron chi connectivity index (χ3n) is 2.41. The fourth-order valence-corrected chi connectivity index (χ4v) is 1.84. The lowest BCUT2D eigenvalue weighted by atomic mass is 9.86. The van der Waals surface area contributed by atoms with Gasteiger partial charge in [-0.15, -0.1) is 0 Å². The maximum atomic E-state index is 13.4. The molecular weight excluding hydrogens is 244 g/mol. The van der Waals surface area contributed by atoms with Crippen molar-refractivity contribution in [3.8, 4) is 0 Å². The zero-order valence-electron chi connectivity index (χ0n) is 10.7. The van der Waals surface area contributed by atoms with Crippen LogP contribution in [0.5, 0.6) is 0 Å². The van der Waals surface area contributed by atoms with Crippen LogP contribution < -0.4 is 0 Å². The molecule has 1 aromatic rings. The Balaban J connectivity index is 3.01. The van der Waals surface area contributed by atoms with Crippen molar-refractivity contribution >= 4 is 0 Å². The van der Waals surface area contributed by atoms with Gasteiger partial charge in [-0.05, 0) is 18.3 Å². The molecule has 0 aliphatic heterocycles. The highest BCUT2D eigenvalue weighted by Gasteiger charge is 2.21. The van der Waals surface area contributed by atoms with Gasteiger partial charge in [-0.3, -0.25) is 0 Å². The number of allylic oxidation sites excluding steroid dienone is 1. The Kier molecular flexibility index (Phi) is 4.20. The van der Waals surface area contributed by atoms with Crippen molar-refractivity contribution in [1.29, 1.82) is 0 Å². The van der Waals surface area contributed by atoms with E-state index < -0.39 is 28.8 Å². The van der Waals surface area contributed by atoms with E-state index in [1.165, 1.54) is 0 Å². The van der Waals surface area contributed by atoms with Crippen LogP contribution in [0.25, 0.3) is 0 Å². The van der Waals surface area contributed by atoms with Crippen LogP contribution >= 0.6 is 0 Å². The third kappa shape index (κ3) is 3.59. The van der Waals surface area contributed by atoms with E-state index in [1.54, 1.807) is 0 Å². The third-order valence-corrected chi connectivity index (χ3v) is 2.41. The van der Waals surface area contributed by atoms with Gasteiger partial charge in [-0.2, -0.15) is 0 Å². The summed E-state index contributed by atoms with van der Waals surface area (Å²) in [6.45, 7) is 9.52. The molecule has 0 aliphatic carbocycles. The van der Waals surface area contributed by atoms with Crippen molar-refractivity contribution in [2.75, 3.05) is 0 Å². The molecule has 1 rings (SSSR count). The minimum absolute atomic E-state index is 0.101. The molecule has 100 valence electrons. The summed E-state index contributed by atoms with van der Waals surface area (Å²) < 4.78 is 52.8. The van der Waals surface area contributed by atoms with Crippen molar-refractivity contribution in [3.05, 3.63) is 47.1 Å². The second kappa shape index (κ2) is 5.12. The SMILES string of the molecule is C=C(Cc1c(F)c(F)cc(F)c1F)CC(C)(C)C.